The van der Waals surface area contributed by atoms with Crippen LogP contribution in [0.4, 0.5) is 12.9 Å². The number of hydrogen-bond acceptors (Lipinski definition) is 1. The summed E-state index contributed by atoms with van der Waals surface area (Å²) in [6, 6.07) is 0. The Labute approximate surface area is 111 Å². The van der Waals surface area contributed by atoms with Gasteiger partial charge in [0.25, 0.3) is 0 Å². The standard InChI is InChI=1S/C5H9BF3O2.K/c7-6(8,9)4-2-1-3-5(10)11;/h1-4H2,(H,10,11);/q-1;+1. The molecule has 66 valence electrons. The van der Waals surface area contributed by atoms with Crippen molar-refractivity contribution < 1.29 is 74.2 Å². The Balaban J connectivity index is 0. The summed E-state index contributed by atoms with van der Waals surface area (Å²) in [6.45, 7) is -4.72. The van der Waals surface area contributed by atoms with E-state index in [4.69, 9.17) is 5.11 Å². The van der Waals surface area contributed by atoms with Gasteiger partial charge >= 0.3 is 64.3 Å². The van der Waals surface area contributed by atoms with Crippen LogP contribution in [-0.4, -0.2) is 18.1 Å². The zero-order valence-corrected chi connectivity index (χ0v) is 10.0. The molecule has 0 spiro atoms. The van der Waals surface area contributed by atoms with E-state index in [-0.39, 0.29) is 70.6 Å². The molecule has 0 saturated carbocycles. The Morgan fingerprint density at radius 2 is 1.75 bits per heavy atom. The van der Waals surface area contributed by atoms with E-state index >= 15 is 0 Å². The molecule has 0 aromatic carbocycles. The van der Waals surface area contributed by atoms with Gasteiger partial charge in [0.05, 0.1) is 0 Å². The summed E-state index contributed by atoms with van der Waals surface area (Å²) in [7, 11) is 0. The average molecular weight is 208 g/mol. The number of carboxylic acids is 1. The number of hydrogen-bond donors (Lipinski definition) is 1. The minimum Gasteiger partial charge on any atom is -0.481 e. The fraction of sp³-hybridized carbons (Fsp3) is 0.800. The van der Waals surface area contributed by atoms with Gasteiger partial charge in [0.1, 0.15) is 0 Å². The van der Waals surface area contributed by atoms with Crippen LogP contribution < -0.4 is 51.4 Å². The van der Waals surface area contributed by atoms with Crippen molar-refractivity contribution in [2.24, 2.45) is 0 Å². The zero-order valence-electron chi connectivity index (χ0n) is 6.90. The molecule has 0 aliphatic carbocycles. The molecule has 0 bridgehead atoms. The maximum absolute atomic E-state index is 11.5. The maximum atomic E-state index is 11.5. The summed E-state index contributed by atoms with van der Waals surface area (Å²) in [5.74, 6) is -1.04. The Hall–Kier alpha value is 0.961. The summed E-state index contributed by atoms with van der Waals surface area (Å²) in [5.41, 5.74) is 0. The van der Waals surface area contributed by atoms with Gasteiger partial charge in [-0.05, 0) is 6.42 Å². The number of carbonyl (C=O) groups is 1. The molecule has 12 heavy (non-hydrogen) atoms. The minimum absolute atomic E-state index is 0. The Morgan fingerprint density at radius 3 is 2.08 bits per heavy atom. The van der Waals surface area contributed by atoms with Crippen LogP contribution in [0.25, 0.3) is 0 Å². The van der Waals surface area contributed by atoms with Crippen molar-refractivity contribution in [1.82, 2.24) is 0 Å². The van der Waals surface area contributed by atoms with Crippen molar-refractivity contribution in [3.8, 4) is 0 Å². The molecule has 0 heterocycles. The van der Waals surface area contributed by atoms with Crippen molar-refractivity contribution in [3.05, 3.63) is 0 Å². The van der Waals surface area contributed by atoms with Crippen molar-refractivity contribution in [2.45, 2.75) is 25.6 Å². The molecule has 0 aliphatic rings. The first-order valence-electron chi connectivity index (χ1n) is 3.34. The van der Waals surface area contributed by atoms with Gasteiger partial charge in [-0.25, -0.2) is 0 Å². The van der Waals surface area contributed by atoms with Gasteiger partial charge in [0.15, 0.2) is 0 Å². The molecular formula is C5H9BF3KO2. The molecule has 0 unspecified atom stereocenters. The number of unbranched alkanes of at least 4 members (excludes halogenated alkanes) is 1. The van der Waals surface area contributed by atoms with Gasteiger partial charge in [0, 0.05) is 6.42 Å². The van der Waals surface area contributed by atoms with Crippen LogP contribution in [0.5, 0.6) is 0 Å². The van der Waals surface area contributed by atoms with Crippen molar-refractivity contribution in [2.75, 3.05) is 0 Å². The third kappa shape index (κ3) is 13.5. The molecular weight excluding hydrogens is 199 g/mol. The minimum atomic E-state index is -4.72. The first-order chi connectivity index (χ1) is 4.92. The first-order valence-corrected chi connectivity index (χ1v) is 3.34. The molecule has 0 amide bonds. The van der Waals surface area contributed by atoms with Crippen molar-refractivity contribution in [1.29, 1.82) is 0 Å². The summed E-state index contributed by atoms with van der Waals surface area (Å²) >= 11 is 0. The fourth-order valence-corrected chi connectivity index (χ4v) is 0.652. The van der Waals surface area contributed by atoms with Gasteiger partial charge in [-0.1, -0.05) is 12.7 Å². The molecule has 0 radical (unpaired) electrons. The maximum Gasteiger partial charge on any atom is 1.00 e. The number of carboxylic acid groups (broad SMARTS) is 1. The van der Waals surface area contributed by atoms with Crippen molar-refractivity contribution in [3.63, 3.8) is 0 Å². The second-order valence-corrected chi connectivity index (χ2v) is 2.35. The predicted molar refractivity (Wildman–Crippen MR) is 35.4 cm³/mol. The van der Waals surface area contributed by atoms with E-state index in [1.54, 1.807) is 0 Å². The van der Waals surface area contributed by atoms with Crippen LogP contribution in [0.3, 0.4) is 0 Å². The predicted octanol–water partition coefficient (Wildman–Crippen LogP) is -0.907. The van der Waals surface area contributed by atoms with Crippen LogP contribution in [0.2, 0.25) is 6.32 Å². The van der Waals surface area contributed by atoms with Gasteiger partial charge in [0.2, 0.25) is 0 Å². The van der Waals surface area contributed by atoms with Gasteiger partial charge in [-0.15, -0.1) is 0 Å². The number of rotatable bonds is 5. The van der Waals surface area contributed by atoms with E-state index in [2.05, 4.69) is 0 Å². The quantitative estimate of drug-likeness (QED) is 0.469. The van der Waals surface area contributed by atoms with Gasteiger partial charge in [-0.3, -0.25) is 4.79 Å². The summed E-state index contributed by atoms with van der Waals surface area (Å²) < 4.78 is 34.5. The summed E-state index contributed by atoms with van der Waals surface area (Å²) in [4.78, 5) is 9.85. The SMILES string of the molecule is O=C(O)CCCC[B-](F)(F)F.[K+]. The molecule has 0 fully saturated rings. The molecule has 0 aromatic heterocycles. The molecule has 0 atom stereocenters. The van der Waals surface area contributed by atoms with Crippen LogP contribution in [-0.2, 0) is 4.79 Å². The second kappa shape index (κ2) is 7.37. The van der Waals surface area contributed by atoms with Crippen LogP contribution in [0.15, 0.2) is 0 Å². The van der Waals surface area contributed by atoms with E-state index in [1.165, 1.54) is 0 Å². The van der Waals surface area contributed by atoms with E-state index in [1.807, 2.05) is 0 Å². The first kappa shape index (κ1) is 15.4. The number of halogens is 3. The van der Waals surface area contributed by atoms with E-state index < -0.39 is 19.3 Å². The summed E-state index contributed by atoms with van der Waals surface area (Å²) in [5, 5.41) is 8.07. The molecule has 1 N–H and O–H groups in total. The van der Waals surface area contributed by atoms with E-state index in [0.29, 0.717) is 0 Å². The van der Waals surface area contributed by atoms with E-state index in [9.17, 15) is 17.7 Å². The molecule has 2 nitrogen and oxygen atoms in total. The normalized spacial score (nSPS) is 10.6. The molecule has 0 saturated heterocycles. The third-order valence-electron chi connectivity index (χ3n) is 1.17. The topological polar surface area (TPSA) is 37.3 Å². The van der Waals surface area contributed by atoms with Crippen LogP contribution >= 0.6 is 0 Å². The second-order valence-electron chi connectivity index (χ2n) is 2.35. The van der Waals surface area contributed by atoms with Crippen LogP contribution in [0, 0.1) is 0 Å². The zero-order chi connectivity index (χ0) is 8.91. The van der Waals surface area contributed by atoms with Gasteiger partial charge < -0.3 is 18.1 Å². The Morgan fingerprint density at radius 1 is 1.25 bits per heavy atom. The fourth-order valence-electron chi connectivity index (χ4n) is 0.652. The van der Waals surface area contributed by atoms with Crippen LogP contribution in [0.1, 0.15) is 19.3 Å². The molecule has 7 heteroatoms. The van der Waals surface area contributed by atoms with Gasteiger partial charge in [-0.2, -0.15) is 0 Å². The molecule has 0 aromatic rings. The number of aliphatic carboxylic acids is 1. The Kier molecular flexibility index (Phi) is 9.48. The average Bonchev–Trinajstić information content (AvgIpc) is 1.78. The third-order valence-corrected chi connectivity index (χ3v) is 1.17. The smallest absolute Gasteiger partial charge is 0.481 e. The molecule has 0 rings (SSSR count). The summed E-state index contributed by atoms with van der Waals surface area (Å²) in [6.07, 6.45) is -0.966. The van der Waals surface area contributed by atoms with E-state index in [0.717, 1.165) is 0 Å². The van der Waals surface area contributed by atoms with Crippen molar-refractivity contribution >= 4 is 12.9 Å². The molecule has 0 aliphatic heterocycles. The largest absolute Gasteiger partial charge is 1.00 e. The Bertz CT molecular complexity index is 139. The monoisotopic (exact) mass is 208 g/mol.